The topological polar surface area (TPSA) is 127 Å². The number of likely N-dealkylation sites (N-methyl/N-ethyl adjacent to an activating group) is 2. The molecule has 12 heteroatoms. The lowest BCUT2D eigenvalue weighted by Crippen LogP contribution is -2.33. The van der Waals surface area contributed by atoms with Crippen molar-refractivity contribution in [3.05, 3.63) is 44.0 Å². The van der Waals surface area contributed by atoms with Gasteiger partial charge in [-0.1, -0.05) is 0 Å². The molecule has 24 heavy (non-hydrogen) atoms. The van der Waals surface area contributed by atoms with E-state index in [9.17, 15) is 28.6 Å². The van der Waals surface area contributed by atoms with Gasteiger partial charge in [-0.15, -0.1) is 12.4 Å². The highest BCUT2D eigenvalue weighted by Crippen LogP contribution is 2.25. The molecule has 1 rings (SSSR count). The highest BCUT2D eigenvalue weighted by molar-refractivity contribution is 7.89. The number of hydrogen-bond donors (Lipinski definition) is 0. The second-order valence-corrected chi connectivity index (χ2v) is 7.21. The lowest BCUT2D eigenvalue weighted by Gasteiger charge is -2.19. The Labute approximate surface area is 145 Å². The Kier molecular flexibility index (Phi) is 8.20. The molecule has 0 aliphatic rings. The van der Waals surface area contributed by atoms with Crippen molar-refractivity contribution in [3.63, 3.8) is 0 Å². The van der Waals surface area contributed by atoms with Crippen molar-refractivity contribution in [1.29, 1.82) is 0 Å². The molecule has 0 aliphatic carbocycles. The van der Waals surface area contributed by atoms with E-state index in [1.807, 2.05) is 0 Å². The molecule has 0 saturated heterocycles. The van der Waals surface area contributed by atoms with E-state index < -0.39 is 32.1 Å². The molecular formula is C12H19ClN4O6S. The molecule has 0 atom stereocenters. The molecule has 1 aromatic carbocycles. The summed E-state index contributed by atoms with van der Waals surface area (Å²) in [5, 5.41) is 21.6. The summed E-state index contributed by atoms with van der Waals surface area (Å²) in [4.78, 5) is 21.6. The second kappa shape index (κ2) is 8.87. The van der Waals surface area contributed by atoms with Gasteiger partial charge in [-0.25, -0.2) is 8.42 Å². The molecule has 0 saturated carbocycles. The molecule has 0 heterocycles. The lowest BCUT2D eigenvalue weighted by atomic mass is 10.2. The number of hydrogen-bond acceptors (Lipinski definition) is 7. The normalized spacial score (nSPS) is 11.4. The number of nitrogens with zero attached hydrogens (tertiary/aromatic N) is 4. The van der Waals surface area contributed by atoms with Gasteiger partial charge < -0.3 is 4.90 Å². The van der Waals surface area contributed by atoms with Gasteiger partial charge in [0, 0.05) is 31.1 Å². The fourth-order valence-corrected chi connectivity index (χ4v) is 2.97. The number of sulfonamides is 1. The minimum Gasteiger partial charge on any atom is -0.308 e. The van der Waals surface area contributed by atoms with E-state index in [2.05, 4.69) is 0 Å². The molecule has 0 aromatic heterocycles. The Morgan fingerprint density at radius 2 is 1.67 bits per heavy atom. The smallest absolute Gasteiger partial charge is 0.280 e. The minimum absolute atomic E-state index is 0. The summed E-state index contributed by atoms with van der Waals surface area (Å²) in [6.07, 6.45) is 0. The van der Waals surface area contributed by atoms with Crippen LogP contribution in [0.15, 0.2) is 23.1 Å². The zero-order chi connectivity index (χ0) is 17.8. The summed E-state index contributed by atoms with van der Waals surface area (Å²) < 4.78 is 25.9. The molecule has 0 fully saturated rings. The van der Waals surface area contributed by atoms with Crippen LogP contribution in [0.4, 0.5) is 5.69 Å². The first-order chi connectivity index (χ1) is 10.6. The third-order valence-corrected chi connectivity index (χ3v) is 4.98. The Morgan fingerprint density at radius 1 is 1.08 bits per heavy atom. The van der Waals surface area contributed by atoms with Crippen LogP contribution in [0.2, 0.25) is 0 Å². The molecule has 0 radical (unpaired) electrons. The zero-order valence-corrected chi connectivity index (χ0v) is 15.0. The van der Waals surface area contributed by atoms with Gasteiger partial charge in [0.2, 0.25) is 16.6 Å². The van der Waals surface area contributed by atoms with E-state index >= 15 is 0 Å². The fraction of sp³-hybridized carbons (Fsp3) is 0.500. The average Bonchev–Trinajstić information content (AvgIpc) is 2.43. The molecule has 0 unspecified atom stereocenters. The van der Waals surface area contributed by atoms with Crippen LogP contribution >= 0.6 is 12.4 Å². The van der Waals surface area contributed by atoms with Crippen molar-refractivity contribution in [2.45, 2.75) is 11.4 Å². The first kappa shape index (κ1) is 22.2. The monoisotopic (exact) mass is 382 g/mol. The van der Waals surface area contributed by atoms with Gasteiger partial charge in [0.15, 0.2) is 0 Å². The van der Waals surface area contributed by atoms with Crippen LogP contribution in [-0.4, -0.2) is 61.7 Å². The molecule has 10 nitrogen and oxygen atoms in total. The number of rotatable bonds is 8. The Hall–Kier alpha value is -1.82. The van der Waals surface area contributed by atoms with Crippen LogP contribution in [-0.2, 0) is 16.6 Å². The lowest BCUT2D eigenvalue weighted by molar-refractivity contribution is -0.498. The van der Waals surface area contributed by atoms with E-state index in [1.165, 1.54) is 7.05 Å². The summed E-state index contributed by atoms with van der Waals surface area (Å²) in [5.74, 6) is 0. The number of nitro benzene ring substituents is 1. The summed E-state index contributed by atoms with van der Waals surface area (Å²) >= 11 is 0. The average molecular weight is 383 g/mol. The maximum Gasteiger partial charge on any atom is 0.280 e. The van der Waals surface area contributed by atoms with Crippen molar-refractivity contribution < 1.29 is 18.3 Å². The van der Waals surface area contributed by atoms with E-state index in [0.717, 1.165) is 22.5 Å². The van der Waals surface area contributed by atoms with E-state index in [-0.39, 0.29) is 29.4 Å². The predicted molar refractivity (Wildman–Crippen MR) is 89.4 cm³/mol. The number of benzene rings is 1. The Morgan fingerprint density at radius 3 is 2.12 bits per heavy atom. The fourth-order valence-electron chi connectivity index (χ4n) is 1.79. The van der Waals surface area contributed by atoms with Crippen molar-refractivity contribution in [2.24, 2.45) is 0 Å². The molecule has 1 aromatic rings. The van der Waals surface area contributed by atoms with Crippen molar-refractivity contribution in [3.8, 4) is 0 Å². The highest BCUT2D eigenvalue weighted by Gasteiger charge is 2.26. The number of nitro groups is 2. The Balaban J connectivity index is 0.00000529. The summed E-state index contributed by atoms with van der Waals surface area (Å²) in [7, 11) is 1.05. The SMILES string of the molecule is CN(C)CCN(C)S(=O)(=O)c1ccc(C[N+](=O)[O-])c([N+](=O)[O-])c1.Cl. The van der Waals surface area contributed by atoms with E-state index in [0.29, 0.717) is 6.54 Å². The summed E-state index contributed by atoms with van der Waals surface area (Å²) in [6.45, 7) is -0.0515. The van der Waals surface area contributed by atoms with Crippen molar-refractivity contribution >= 4 is 28.1 Å². The third kappa shape index (κ3) is 5.67. The highest BCUT2D eigenvalue weighted by atomic mass is 35.5. The zero-order valence-electron chi connectivity index (χ0n) is 13.4. The largest absolute Gasteiger partial charge is 0.308 e. The molecule has 0 amide bonds. The molecule has 0 spiro atoms. The molecular weight excluding hydrogens is 364 g/mol. The number of halogens is 1. The van der Waals surface area contributed by atoms with Gasteiger partial charge in [0.25, 0.3) is 5.69 Å². The molecule has 0 bridgehead atoms. The minimum atomic E-state index is -3.90. The van der Waals surface area contributed by atoms with Crippen LogP contribution < -0.4 is 0 Å². The van der Waals surface area contributed by atoms with Gasteiger partial charge in [-0.2, -0.15) is 4.31 Å². The maximum atomic E-state index is 12.4. The van der Waals surface area contributed by atoms with Gasteiger partial charge in [0.1, 0.15) is 0 Å². The van der Waals surface area contributed by atoms with Gasteiger partial charge in [0.05, 0.1) is 15.4 Å². The van der Waals surface area contributed by atoms with Crippen LogP contribution in [0, 0.1) is 20.2 Å². The van der Waals surface area contributed by atoms with Crippen LogP contribution in [0.1, 0.15) is 5.56 Å². The van der Waals surface area contributed by atoms with Crippen molar-refractivity contribution in [1.82, 2.24) is 9.21 Å². The molecule has 136 valence electrons. The van der Waals surface area contributed by atoms with Crippen molar-refractivity contribution in [2.75, 3.05) is 34.2 Å². The predicted octanol–water partition coefficient (Wildman–Crippen LogP) is 0.975. The van der Waals surface area contributed by atoms with Crippen LogP contribution in [0.5, 0.6) is 0 Å². The summed E-state index contributed by atoms with van der Waals surface area (Å²) in [5.41, 5.74) is -0.723. The quantitative estimate of drug-likeness (QED) is 0.484. The Bertz CT molecular complexity index is 709. The first-order valence-corrected chi connectivity index (χ1v) is 8.00. The summed E-state index contributed by atoms with van der Waals surface area (Å²) in [6, 6.07) is 3.11. The van der Waals surface area contributed by atoms with E-state index in [1.54, 1.807) is 19.0 Å². The van der Waals surface area contributed by atoms with Gasteiger partial charge in [-0.3, -0.25) is 20.2 Å². The van der Waals surface area contributed by atoms with Crippen LogP contribution in [0.25, 0.3) is 0 Å². The van der Waals surface area contributed by atoms with Gasteiger partial charge in [-0.05, 0) is 26.2 Å². The second-order valence-electron chi connectivity index (χ2n) is 5.17. The molecule has 0 aliphatic heterocycles. The first-order valence-electron chi connectivity index (χ1n) is 6.56. The third-order valence-electron chi connectivity index (χ3n) is 3.12. The standard InChI is InChI=1S/C12H18N4O6S.ClH/c1-13(2)6-7-14(3)23(21,22)11-5-4-10(9-15(17)18)12(8-11)16(19)20;/h4-5,8H,6-7,9H2,1-3H3;1H. The van der Waals surface area contributed by atoms with E-state index in [4.69, 9.17) is 0 Å². The van der Waals surface area contributed by atoms with Gasteiger partial charge >= 0.3 is 0 Å². The molecule has 0 N–H and O–H groups in total. The van der Waals surface area contributed by atoms with Crippen LogP contribution in [0.3, 0.4) is 0 Å². The maximum absolute atomic E-state index is 12.4.